The smallest absolute Gasteiger partial charge is 0.209 e. The molecule has 1 aliphatic heterocycles. The number of sulfonamides is 1. The number of nitrogens with zero attached hydrogens (tertiary/aromatic N) is 1. The van der Waals surface area contributed by atoms with E-state index in [4.69, 9.17) is 4.74 Å². The van der Waals surface area contributed by atoms with Gasteiger partial charge < -0.3 is 4.74 Å². The molecule has 5 nitrogen and oxygen atoms in total. The van der Waals surface area contributed by atoms with Crippen molar-refractivity contribution in [1.29, 1.82) is 0 Å². The lowest BCUT2D eigenvalue weighted by atomic mass is 9.83. The molecular weight excluding hydrogens is 336 g/mol. The van der Waals surface area contributed by atoms with Gasteiger partial charge in [0.05, 0.1) is 19.0 Å². The van der Waals surface area contributed by atoms with Crippen LogP contribution in [0.25, 0.3) is 0 Å². The lowest BCUT2D eigenvalue weighted by molar-refractivity contribution is -0.00243. The van der Waals surface area contributed by atoms with Crippen LogP contribution >= 0.6 is 0 Å². The van der Waals surface area contributed by atoms with Crippen molar-refractivity contribution in [2.24, 2.45) is 0 Å². The first-order valence-electron chi connectivity index (χ1n) is 9.26. The molecule has 0 aromatic heterocycles. The fourth-order valence-corrected chi connectivity index (χ4v) is 5.01. The molecule has 1 aromatic rings. The highest BCUT2D eigenvalue weighted by Crippen LogP contribution is 2.34. The first-order chi connectivity index (χ1) is 11.9. The Kier molecular flexibility index (Phi) is 6.15. The highest BCUT2D eigenvalue weighted by atomic mass is 32.2. The molecule has 0 amide bonds. The zero-order valence-corrected chi connectivity index (χ0v) is 16.0. The normalized spacial score (nSPS) is 31.3. The molecule has 6 heteroatoms. The van der Waals surface area contributed by atoms with E-state index < -0.39 is 10.0 Å². The van der Waals surface area contributed by atoms with E-state index in [-0.39, 0.29) is 12.1 Å². The third kappa shape index (κ3) is 5.26. The Balaban J connectivity index is 1.47. The van der Waals surface area contributed by atoms with Gasteiger partial charge in [0.15, 0.2) is 0 Å². The molecule has 2 atom stereocenters. The number of rotatable bonds is 6. The van der Waals surface area contributed by atoms with Crippen LogP contribution in [0, 0.1) is 0 Å². The van der Waals surface area contributed by atoms with E-state index in [0.717, 1.165) is 25.8 Å². The number of ether oxygens (including phenoxy) is 1. The van der Waals surface area contributed by atoms with Crippen molar-refractivity contribution in [1.82, 2.24) is 9.62 Å². The van der Waals surface area contributed by atoms with E-state index in [2.05, 4.69) is 40.0 Å². The molecule has 2 fully saturated rings. The summed E-state index contributed by atoms with van der Waals surface area (Å²) in [6, 6.07) is 10.8. The summed E-state index contributed by atoms with van der Waals surface area (Å²) in [5, 5.41) is 0. The van der Waals surface area contributed by atoms with E-state index >= 15 is 0 Å². The Morgan fingerprint density at radius 2 is 1.80 bits per heavy atom. The minimum Gasteiger partial charge on any atom is -0.377 e. The van der Waals surface area contributed by atoms with Crippen molar-refractivity contribution in [3.8, 4) is 0 Å². The molecule has 1 saturated carbocycles. The van der Waals surface area contributed by atoms with Crippen LogP contribution in [0.5, 0.6) is 0 Å². The first kappa shape index (κ1) is 18.8. The molecule has 140 valence electrons. The molecular formula is C19H30N2O3S. The first-order valence-corrected chi connectivity index (χ1v) is 11.2. The SMILES string of the molecule is CN1CC[C@H](NS(C)(=O)=O)[C@@H]1CO[C@H]1CC[C@@H](c2ccccc2)CC1. The Hall–Kier alpha value is -0.950. The van der Waals surface area contributed by atoms with Gasteiger partial charge in [0.1, 0.15) is 0 Å². The van der Waals surface area contributed by atoms with Crippen LogP contribution in [0.1, 0.15) is 43.6 Å². The number of hydrogen-bond donors (Lipinski definition) is 1. The summed E-state index contributed by atoms with van der Waals surface area (Å²) in [4.78, 5) is 2.21. The molecule has 1 aliphatic carbocycles. The van der Waals surface area contributed by atoms with E-state index in [1.165, 1.54) is 24.7 Å². The van der Waals surface area contributed by atoms with Gasteiger partial charge in [-0.15, -0.1) is 0 Å². The van der Waals surface area contributed by atoms with Gasteiger partial charge in [-0.25, -0.2) is 13.1 Å². The van der Waals surface area contributed by atoms with E-state index in [0.29, 0.717) is 18.6 Å². The monoisotopic (exact) mass is 366 g/mol. The second-order valence-electron chi connectivity index (χ2n) is 7.55. The third-order valence-corrected chi connectivity index (χ3v) is 6.37. The van der Waals surface area contributed by atoms with Gasteiger partial charge in [0.2, 0.25) is 10.0 Å². The molecule has 0 radical (unpaired) electrons. The predicted octanol–water partition coefficient (Wildman–Crippen LogP) is 2.35. The van der Waals surface area contributed by atoms with Crippen molar-refractivity contribution in [2.75, 3.05) is 26.5 Å². The molecule has 0 bridgehead atoms. The Bertz CT molecular complexity index is 642. The highest BCUT2D eigenvalue weighted by molar-refractivity contribution is 7.88. The third-order valence-electron chi connectivity index (χ3n) is 5.64. The van der Waals surface area contributed by atoms with Gasteiger partial charge in [-0.2, -0.15) is 0 Å². The van der Waals surface area contributed by atoms with Crippen molar-refractivity contribution in [3.05, 3.63) is 35.9 Å². The summed E-state index contributed by atoms with van der Waals surface area (Å²) in [5.74, 6) is 0.648. The predicted molar refractivity (Wildman–Crippen MR) is 100 cm³/mol. The Labute approximate surface area is 151 Å². The van der Waals surface area contributed by atoms with Crippen LogP contribution in [0.2, 0.25) is 0 Å². The number of nitrogens with one attached hydrogen (secondary N) is 1. The molecule has 1 aromatic carbocycles. The molecule has 0 unspecified atom stereocenters. The molecule has 25 heavy (non-hydrogen) atoms. The summed E-state index contributed by atoms with van der Waals surface area (Å²) in [6.07, 6.45) is 6.88. The van der Waals surface area contributed by atoms with E-state index in [1.807, 2.05) is 7.05 Å². The summed E-state index contributed by atoms with van der Waals surface area (Å²) < 4.78 is 32.0. The molecule has 2 aliphatic rings. The Morgan fingerprint density at radius 3 is 2.44 bits per heavy atom. The maximum Gasteiger partial charge on any atom is 0.209 e. The zero-order valence-electron chi connectivity index (χ0n) is 15.2. The largest absolute Gasteiger partial charge is 0.377 e. The standard InChI is InChI=1S/C19H30N2O3S/c1-21-13-12-18(20-25(2,22)23)19(21)14-24-17-10-8-16(9-11-17)15-6-4-3-5-7-15/h3-7,16-20H,8-14H2,1-2H3/t16-,17+,18-,19-/m0/s1. The van der Waals surface area contributed by atoms with Crippen molar-refractivity contribution >= 4 is 10.0 Å². The highest BCUT2D eigenvalue weighted by Gasteiger charge is 2.34. The van der Waals surface area contributed by atoms with Crippen LogP contribution in [-0.4, -0.2) is 58.0 Å². The van der Waals surface area contributed by atoms with Gasteiger partial charge in [-0.3, -0.25) is 4.90 Å². The Morgan fingerprint density at radius 1 is 1.12 bits per heavy atom. The summed E-state index contributed by atoms with van der Waals surface area (Å²) in [7, 11) is -1.13. The summed E-state index contributed by atoms with van der Waals surface area (Å²) in [6.45, 7) is 1.51. The topological polar surface area (TPSA) is 58.6 Å². The zero-order chi connectivity index (χ0) is 17.9. The van der Waals surface area contributed by atoms with Gasteiger partial charge in [-0.1, -0.05) is 30.3 Å². The maximum atomic E-state index is 11.5. The lowest BCUT2D eigenvalue weighted by Gasteiger charge is -2.31. The number of likely N-dealkylation sites (tertiary alicyclic amines) is 1. The minimum absolute atomic E-state index is 0.0411. The summed E-state index contributed by atoms with van der Waals surface area (Å²) >= 11 is 0. The molecule has 1 saturated heterocycles. The van der Waals surface area contributed by atoms with Crippen molar-refractivity contribution in [3.63, 3.8) is 0 Å². The molecule has 1 heterocycles. The average molecular weight is 367 g/mol. The van der Waals surface area contributed by atoms with Gasteiger partial charge in [0, 0.05) is 12.1 Å². The second-order valence-corrected chi connectivity index (χ2v) is 9.33. The number of likely N-dealkylation sites (N-methyl/N-ethyl adjacent to an activating group) is 1. The summed E-state index contributed by atoms with van der Waals surface area (Å²) in [5.41, 5.74) is 1.44. The molecule has 1 N–H and O–H groups in total. The number of benzene rings is 1. The maximum absolute atomic E-state index is 11.5. The van der Waals surface area contributed by atoms with Crippen molar-refractivity contribution in [2.45, 2.75) is 56.2 Å². The van der Waals surface area contributed by atoms with E-state index in [9.17, 15) is 8.42 Å². The van der Waals surface area contributed by atoms with Gasteiger partial charge in [0.25, 0.3) is 0 Å². The van der Waals surface area contributed by atoms with Gasteiger partial charge >= 0.3 is 0 Å². The fraction of sp³-hybridized carbons (Fsp3) is 0.684. The molecule has 3 rings (SSSR count). The van der Waals surface area contributed by atoms with Crippen LogP contribution in [0.4, 0.5) is 0 Å². The quantitative estimate of drug-likeness (QED) is 0.840. The van der Waals surface area contributed by atoms with E-state index in [1.54, 1.807) is 0 Å². The van der Waals surface area contributed by atoms with Crippen LogP contribution in [0.3, 0.4) is 0 Å². The van der Waals surface area contributed by atoms with Crippen molar-refractivity contribution < 1.29 is 13.2 Å². The second kappa shape index (κ2) is 8.16. The minimum atomic E-state index is -3.18. The van der Waals surface area contributed by atoms with Gasteiger partial charge in [-0.05, 0) is 57.2 Å². The van der Waals surface area contributed by atoms with Crippen LogP contribution in [-0.2, 0) is 14.8 Å². The lowest BCUT2D eigenvalue weighted by Crippen LogP contribution is -2.46. The molecule has 0 spiro atoms. The number of hydrogen-bond acceptors (Lipinski definition) is 4. The fourth-order valence-electron chi connectivity index (χ4n) is 4.19. The average Bonchev–Trinajstić information content (AvgIpc) is 2.92. The van der Waals surface area contributed by atoms with Crippen LogP contribution in [0.15, 0.2) is 30.3 Å². The van der Waals surface area contributed by atoms with Crippen LogP contribution < -0.4 is 4.72 Å².